The molecule has 4 rings (SSSR count). The number of carbonyl (C=O) groups is 1. The maximum atomic E-state index is 12.8. The van der Waals surface area contributed by atoms with Crippen LogP contribution in [0.3, 0.4) is 0 Å². The molecule has 0 spiro atoms. The minimum absolute atomic E-state index is 0.156. The summed E-state index contributed by atoms with van der Waals surface area (Å²) < 4.78 is 12.4. The number of fused-ring (bicyclic) bond motifs is 1. The number of aromatic nitrogens is 2. The lowest BCUT2D eigenvalue weighted by Gasteiger charge is -2.16. The van der Waals surface area contributed by atoms with Gasteiger partial charge in [0.1, 0.15) is 0 Å². The van der Waals surface area contributed by atoms with Gasteiger partial charge >= 0.3 is 0 Å². The first kappa shape index (κ1) is 15.3. The number of para-hydroxylation sites is 1. The number of amides is 1. The van der Waals surface area contributed by atoms with Gasteiger partial charge in [-0.2, -0.15) is 5.10 Å². The summed E-state index contributed by atoms with van der Waals surface area (Å²) in [5.74, 6) is 1.28. The van der Waals surface area contributed by atoms with Crippen LogP contribution in [0.1, 0.15) is 28.9 Å². The lowest BCUT2D eigenvalue weighted by molar-refractivity contribution is 0.0939. The fraction of sp³-hybridized carbons (Fsp3) is 0.158. The van der Waals surface area contributed by atoms with Crippen LogP contribution in [0.5, 0.6) is 11.5 Å². The molecule has 0 saturated carbocycles. The van der Waals surface area contributed by atoms with Gasteiger partial charge in [0.2, 0.25) is 6.79 Å². The van der Waals surface area contributed by atoms with Crippen molar-refractivity contribution in [1.82, 2.24) is 15.1 Å². The van der Waals surface area contributed by atoms with Crippen molar-refractivity contribution < 1.29 is 14.3 Å². The second-order valence-corrected chi connectivity index (χ2v) is 5.78. The molecule has 1 amide bonds. The number of nitrogens with zero attached hydrogens (tertiary/aromatic N) is 2. The van der Waals surface area contributed by atoms with E-state index in [1.807, 2.05) is 55.6 Å². The van der Waals surface area contributed by atoms with Crippen molar-refractivity contribution in [2.75, 3.05) is 6.79 Å². The fourth-order valence-corrected chi connectivity index (χ4v) is 2.82. The van der Waals surface area contributed by atoms with Crippen LogP contribution in [-0.4, -0.2) is 22.5 Å². The highest BCUT2D eigenvalue weighted by atomic mass is 16.7. The number of hydrogen-bond acceptors (Lipinski definition) is 4. The first-order valence-electron chi connectivity index (χ1n) is 8.02. The lowest BCUT2D eigenvalue weighted by atomic mass is 10.1. The summed E-state index contributed by atoms with van der Waals surface area (Å²) >= 11 is 0. The number of benzene rings is 2. The van der Waals surface area contributed by atoms with E-state index in [2.05, 4.69) is 10.4 Å². The van der Waals surface area contributed by atoms with Crippen molar-refractivity contribution >= 4 is 5.91 Å². The van der Waals surface area contributed by atoms with Gasteiger partial charge < -0.3 is 14.8 Å². The molecule has 25 heavy (non-hydrogen) atoms. The smallest absolute Gasteiger partial charge is 0.253 e. The Morgan fingerprint density at radius 1 is 1.16 bits per heavy atom. The summed E-state index contributed by atoms with van der Waals surface area (Å²) in [6.45, 7) is 2.17. The molecule has 0 fully saturated rings. The highest BCUT2D eigenvalue weighted by Crippen LogP contribution is 2.34. The Kier molecular flexibility index (Phi) is 3.85. The van der Waals surface area contributed by atoms with E-state index in [-0.39, 0.29) is 18.7 Å². The number of ether oxygens (including phenoxy) is 2. The summed E-state index contributed by atoms with van der Waals surface area (Å²) in [4.78, 5) is 12.8. The molecular formula is C19H17N3O3. The maximum absolute atomic E-state index is 12.8. The van der Waals surface area contributed by atoms with Crippen molar-refractivity contribution in [2.24, 2.45) is 0 Å². The number of rotatable bonds is 4. The predicted molar refractivity (Wildman–Crippen MR) is 92.0 cm³/mol. The van der Waals surface area contributed by atoms with Gasteiger partial charge in [-0.3, -0.25) is 4.79 Å². The van der Waals surface area contributed by atoms with Crippen molar-refractivity contribution in [3.05, 3.63) is 72.1 Å². The topological polar surface area (TPSA) is 65.4 Å². The zero-order chi connectivity index (χ0) is 17.2. The maximum Gasteiger partial charge on any atom is 0.253 e. The number of hydrogen-bond donors (Lipinski definition) is 1. The van der Waals surface area contributed by atoms with Crippen LogP contribution in [0.4, 0.5) is 0 Å². The van der Waals surface area contributed by atoms with E-state index in [9.17, 15) is 4.79 Å². The lowest BCUT2D eigenvalue weighted by Crippen LogP contribution is -2.27. The summed E-state index contributed by atoms with van der Waals surface area (Å²) in [7, 11) is 0. The molecule has 6 nitrogen and oxygen atoms in total. The average molecular weight is 335 g/mol. The van der Waals surface area contributed by atoms with E-state index in [0.29, 0.717) is 11.3 Å². The second-order valence-electron chi connectivity index (χ2n) is 5.78. The van der Waals surface area contributed by atoms with Crippen molar-refractivity contribution in [3.63, 3.8) is 0 Å². The molecule has 1 aliphatic rings. The molecule has 2 heterocycles. The molecule has 0 radical (unpaired) electrons. The summed E-state index contributed by atoms with van der Waals surface area (Å²) in [5.41, 5.74) is 2.26. The molecule has 1 atom stereocenters. The third kappa shape index (κ3) is 2.94. The predicted octanol–water partition coefficient (Wildman–Crippen LogP) is 3.09. The van der Waals surface area contributed by atoms with Crippen LogP contribution in [0.15, 0.2) is 60.9 Å². The fourth-order valence-electron chi connectivity index (χ4n) is 2.82. The molecule has 126 valence electrons. The van der Waals surface area contributed by atoms with Crippen molar-refractivity contribution in [3.8, 4) is 17.2 Å². The van der Waals surface area contributed by atoms with Crippen molar-refractivity contribution in [1.29, 1.82) is 0 Å². The largest absolute Gasteiger partial charge is 0.454 e. The van der Waals surface area contributed by atoms with E-state index in [1.54, 1.807) is 16.9 Å². The van der Waals surface area contributed by atoms with E-state index in [1.165, 1.54) is 0 Å². The van der Waals surface area contributed by atoms with Crippen LogP contribution in [0.2, 0.25) is 0 Å². The Bertz CT molecular complexity index is 906. The zero-order valence-electron chi connectivity index (χ0n) is 13.7. The molecule has 1 aromatic heterocycles. The van der Waals surface area contributed by atoms with Gasteiger partial charge in [0, 0.05) is 12.4 Å². The van der Waals surface area contributed by atoms with E-state index < -0.39 is 0 Å². The Morgan fingerprint density at radius 2 is 2.00 bits per heavy atom. The summed E-state index contributed by atoms with van der Waals surface area (Å²) in [5, 5.41) is 7.24. The quantitative estimate of drug-likeness (QED) is 0.796. The first-order valence-corrected chi connectivity index (χ1v) is 8.02. The Hall–Kier alpha value is -3.28. The van der Waals surface area contributed by atoms with Gasteiger partial charge in [-0.05, 0) is 42.8 Å². The Labute approximate surface area is 145 Å². The molecule has 1 aliphatic heterocycles. The van der Waals surface area contributed by atoms with E-state index >= 15 is 0 Å². The molecule has 1 unspecified atom stereocenters. The van der Waals surface area contributed by atoms with Crippen LogP contribution in [0, 0.1) is 0 Å². The molecular weight excluding hydrogens is 318 g/mol. The van der Waals surface area contributed by atoms with Gasteiger partial charge in [-0.1, -0.05) is 18.2 Å². The number of carbonyl (C=O) groups excluding carboxylic acids is 1. The highest BCUT2D eigenvalue weighted by Gasteiger charge is 2.19. The SMILES string of the molecule is CC(NC(=O)c1ccccc1-n1cccn1)c1ccc2c(c1)OCO2. The van der Waals surface area contributed by atoms with Gasteiger partial charge in [0.25, 0.3) is 5.91 Å². The highest BCUT2D eigenvalue weighted by molar-refractivity contribution is 5.98. The van der Waals surface area contributed by atoms with Crippen LogP contribution in [0.25, 0.3) is 5.69 Å². The minimum atomic E-state index is -0.173. The minimum Gasteiger partial charge on any atom is -0.454 e. The number of nitrogens with one attached hydrogen (secondary N) is 1. The Balaban J connectivity index is 1.56. The first-order chi connectivity index (χ1) is 12.2. The zero-order valence-corrected chi connectivity index (χ0v) is 13.7. The third-order valence-corrected chi connectivity index (χ3v) is 4.14. The molecule has 0 bridgehead atoms. The molecule has 0 aliphatic carbocycles. The molecule has 0 saturated heterocycles. The average Bonchev–Trinajstić information content (AvgIpc) is 3.32. The summed E-state index contributed by atoms with van der Waals surface area (Å²) in [6, 6.07) is 14.7. The van der Waals surface area contributed by atoms with Gasteiger partial charge in [-0.15, -0.1) is 0 Å². The van der Waals surface area contributed by atoms with Gasteiger partial charge in [0.05, 0.1) is 17.3 Å². The van der Waals surface area contributed by atoms with Gasteiger partial charge in [-0.25, -0.2) is 4.68 Å². The summed E-state index contributed by atoms with van der Waals surface area (Å²) in [6.07, 6.45) is 3.50. The molecule has 6 heteroatoms. The van der Waals surface area contributed by atoms with Crippen LogP contribution in [-0.2, 0) is 0 Å². The monoisotopic (exact) mass is 335 g/mol. The van der Waals surface area contributed by atoms with Crippen LogP contribution < -0.4 is 14.8 Å². The van der Waals surface area contributed by atoms with Crippen LogP contribution >= 0.6 is 0 Å². The van der Waals surface area contributed by atoms with E-state index in [0.717, 1.165) is 17.0 Å². The molecule has 2 aromatic carbocycles. The standard InChI is InChI=1S/C19H17N3O3/c1-13(14-7-8-17-18(11-14)25-12-24-17)21-19(23)15-5-2-3-6-16(15)22-10-4-9-20-22/h2-11,13H,12H2,1H3,(H,21,23). The van der Waals surface area contributed by atoms with Crippen molar-refractivity contribution in [2.45, 2.75) is 13.0 Å². The normalized spacial score (nSPS) is 13.5. The third-order valence-electron chi connectivity index (χ3n) is 4.14. The molecule has 1 N–H and O–H groups in total. The van der Waals surface area contributed by atoms with Gasteiger partial charge in [0.15, 0.2) is 11.5 Å². The Morgan fingerprint density at radius 3 is 2.84 bits per heavy atom. The van der Waals surface area contributed by atoms with E-state index in [4.69, 9.17) is 9.47 Å². The molecule has 3 aromatic rings. The second kappa shape index (κ2) is 6.32.